The largest absolute Gasteiger partial charge is 0.497 e. The predicted molar refractivity (Wildman–Crippen MR) is 88.7 cm³/mol. The Morgan fingerprint density at radius 2 is 2.08 bits per heavy atom. The van der Waals surface area contributed by atoms with Gasteiger partial charge in [-0.1, -0.05) is 5.21 Å². The second-order valence-corrected chi connectivity index (χ2v) is 6.26. The average Bonchev–Trinajstić information content (AvgIpc) is 3.18. The number of methoxy groups -OCH3 is 1. The molecule has 24 heavy (non-hydrogen) atoms. The fourth-order valence-electron chi connectivity index (χ4n) is 3.18. The minimum Gasteiger partial charge on any atom is -0.497 e. The molecule has 1 aliphatic carbocycles. The molecule has 0 saturated heterocycles. The lowest BCUT2D eigenvalue weighted by molar-refractivity contribution is 0.414. The van der Waals surface area contributed by atoms with Crippen LogP contribution < -0.4 is 16.2 Å². The Morgan fingerprint density at radius 3 is 2.75 bits per heavy atom. The first kappa shape index (κ1) is 15.0. The molecule has 0 bridgehead atoms. The molecule has 8 nitrogen and oxygen atoms in total. The van der Waals surface area contributed by atoms with E-state index in [1.165, 1.54) is 0 Å². The fraction of sp³-hybridized carbons (Fsp3) is 0.375. The van der Waals surface area contributed by atoms with Crippen molar-refractivity contribution in [3.8, 4) is 11.4 Å². The monoisotopic (exact) mass is 325 g/mol. The maximum absolute atomic E-state index is 6.49. The van der Waals surface area contributed by atoms with Gasteiger partial charge in [-0.05, 0) is 43.5 Å². The molecule has 4 N–H and O–H groups in total. The van der Waals surface area contributed by atoms with Crippen molar-refractivity contribution in [1.29, 1.82) is 0 Å². The van der Waals surface area contributed by atoms with Crippen LogP contribution in [0.3, 0.4) is 0 Å². The molecule has 2 aromatic heterocycles. The second-order valence-electron chi connectivity index (χ2n) is 6.26. The molecule has 3 aromatic rings. The van der Waals surface area contributed by atoms with E-state index in [0.29, 0.717) is 23.4 Å². The Labute approximate surface area is 138 Å². The van der Waals surface area contributed by atoms with Crippen LogP contribution >= 0.6 is 0 Å². The Hall–Kier alpha value is -2.58. The normalized spacial score (nSPS) is 23.7. The summed E-state index contributed by atoms with van der Waals surface area (Å²) in [6.07, 6.45) is 4.02. The van der Waals surface area contributed by atoms with Crippen LogP contribution in [0, 0.1) is 0 Å². The van der Waals surface area contributed by atoms with Gasteiger partial charge in [0.05, 0.1) is 24.5 Å². The molecule has 0 aliphatic heterocycles. The molecule has 1 aromatic carbocycles. The average molecular weight is 325 g/mol. The minimum absolute atomic E-state index is 0.0962. The third-order valence-electron chi connectivity index (χ3n) is 4.54. The van der Waals surface area contributed by atoms with E-state index >= 15 is 0 Å². The summed E-state index contributed by atoms with van der Waals surface area (Å²) in [5.74, 6) is 1.37. The number of nitrogens with two attached hydrogens (primary N) is 2. The standard InChI is InChI=1S/C16H19N7O/c1-24-12-4-2-11(3-5-12)23-14-13(21-22-23)9-19-15(20-14)16(18)7-6-10(17)8-16/h2-5,9-10H,6-8,17-18H2,1H3. The summed E-state index contributed by atoms with van der Waals surface area (Å²) in [7, 11) is 1.63. The zero-order chi connectivity index (χ0) is 16.7. The Morgan fingerprint density at radius 1 is 1.29 bits per heavy atom. The van der Waals surface area contributed by atoms with Crippen LogP contribution in [0.25, 0.3) is 16.9 Å². The molecular formula is C16H19N7O. The molecule has 2 atom stereocenters. The summed E-state index contributed by atoms with van der Waals surface area (Å²) in [5.41, 5.74) is 14.0. The molecule has 4 rings (SSSR count). The quantitative estimate of drug-likeness (QED) is 0.734. The lowest BCUT2D eigenvalue weighted by atomic mass is 9.98. The summed E-state index contributed by atoms with van der Waals surface area (Å²) in [6, 6.07) is 7.63. The third-order valence-corrected chi connectivity index (χ3v) is 4.54. The number of aromatic nitrogens is 5. The molecular weight excluding hydrogens is 306 g/mol. The van der Waals surface area contributed by atoms with Gasteiger partial charge in [-0.3, -0.25) is 0 Å². The maximum Gasteiger partial charge on any atom is 0.187 e. The highest BCUT2D eigenvalue weighted by molar-refractivity contribution is 5.70. The zero-order valence-electron chi connectivity index (χ0n) is 13.4. The summed E-state index contributed by atoms with van der Waals surface area (Å²) >= 11 is 0. The van der Waals surface area contributed by atoms with Gasteiger partial charge in [0, 0.05) is 6.04 Å². The van der Waals surface area contributed by atoms with Crippen molar-refractivity contribution in [2.75, 3.05) is 7.11 Å². The Kier molecular flexibility index (Phi) is 3.43. The van der Waals surface area contributed by atoms with Gasteiger partial charge in [0.15, 0.2) is 17.0 Å². The van der Waals surface area contributed by atoms with Crippen molar-refractivity contribution in [3.05, 3.63) is 36.3 Å². The van der Waals surface area contributed by atoms with E-state index in [1.807, 2.05) is 24.3 Å². The number of nitrogens with zero attached hydrogens (tertiary/aromatic N) is 5. The Bertz CT molecular complexity index is 876. The van der Waals surface area contributed by atoms with Gasteiger partial charge in [0.2, 0.25) is 0 Å². The van der Waals surface area contributed by atoms with Crippen molar-refractivity contribution < 1.29 is 4.74 Å². The number of fused-ring (bicyclic) bond motifs is 1. The number of hydrogen-bond donors (Lipinski definition) is 2. The smallest absolute Gasteiger partial charge is 0.187 e. The molecule has 1 saturated carbocycles. The van der Waals surface area contributed by atoms with Crippen molar-refractivity contribution in [2.24, 2.45) is 11.5 Å². The molecule has 124 valence electrons. The molecule has 0 spiro atoms. The first-order chi connectivity index (χ1) is 11.6. The van der Waals surface area contributed by atoms with E-state index < -0.39 is 5.54 Å². The van der Waals surface area contributed by atoms with Gasteiger partial charge in [0.25, 0.3) is 0 Å². The maximum atomic E-state index is 6.49. The second kappa shape index (κ2) is 5.50. The zero-order valence-corrected chi connectivity index (χ0v) is 13.4. The van der Waals surface area contributed by atoms with E-state index in [2.05, 4.69) is 20.3 Å². The summed E-state index contributed by atoms with van der Waals surface area (Å²) in [4.78, 5) is 9.06. The van der Waals surface area contributed by atoms with Crippen LogP contribution in [0.4, 0.5) is 0 Å². The van der Waals surface area contributed by atoms with Gasteiger partial charge in [0.1, 0.15) is 5.75 Å². The first-order valence-corrected chi connectivity index (χ1v) is 7.87. The number of ether oxygens (including phenoxy) is 1. The summed E-state index contributed by atoms with van der Waals surface area (Å²) in [6.45, 7) is 0. The molecule has 2 unspecified atom stereocenters. The van der Waals surface area contributed by atoms with E-state index in [4.69, 9.17) is 16.2 Å². The highest BCUT2D eigenvalue weighted by atomic mass is 16.5. The van der Waals surface area contributed by atoms with Crippen LogP contribution in [0.2, 0.25) is 0 Å². The van der Waals surface area contributed by atoms with E-state index in [-0.39, 0.29) is 6.04 Å². The highest BCUT2D eigenvalue weighted by Gasteiger charge is 2.38. The van der Waals surface area contributed by atoms with Gasteiger partial charge in [-0.2, -0.15) is 4.68 Å². The van der Waals surface area contributed by atoms with Gasteiger partial charge >= 0.3 is 0 Å². The molecule has 1 fully saturated rings. The lowest BCUT2D eigenvalue weighted by Crippen LogP contribution is -2.37. The van der Waals surface area contributed by atoms with Gasteiger partial charge in [-0.15, -0.1) is 5.10 Å². The molecule has 2 heterocycles. The molecule has 0 radical (unpaired) electrons. The summed E-state index contributed by atoms with van der Waals surface area (Å²) in [5, 5.41) is 8.32. The van der Waals surface area contributed by atoms with Crippen molar-refractivity contribution in [2.45, 2.75) is 30.8 Å². The van der Waals surface area contributed by atoms with Crippen LogP contribution in [0.5, 0.6) is 5.75 Å². The minimum atomic E-state index is -0.581. The topological polar surface area (TPSA) is 118 Å². The number of benzene rings is 1. The fourth-order valence-corrected chi connectivity index (χ4v) is 3.18. The predicted octanol–water partition coefficient (Wildman–Crippen LogP) is 0.884. The molecule has 1 aliphatic rings. The van der Waals surface area contributed by atoms with E-state index in [1.54, 1.807) is 18.0 Å². The molecule has 8 heteroatoms. The number of hydrogen-bond acceptors (Lipinski definition) is 7. The van der Waals surface area contributed by atoms with E-state index in [9.17, 15) is 0 Å². The summed E-state index contributed by atoms with van der Waals surface area (Å²) < 4.78 is 6.86. The van der Waals surface area contributed by atoms with Crippen LogP contribution in [-0.4, -0.2) is 38.1 Å². The van der Waals surface area contributed by atoms with Crippen molar-refractivity contribution in [1.82, 2.24) is 25.0 Å². The third kappa shape index (κ3) is 2.40. The van der Waals surface area contributed by atoms with Gasteiger partial charge < -0.3 is 16.2 Å². The lowest BCUT2D eigenvalue weighted by Gasteiger charge is -2.21. The van der Waals surface area contributed by atoms with E-state index in [0.717, 1.165) is 24.3 Å². The Balaban J connectivity index is 1.78. The van der Waals surface area contributed by atoms with Crippen LogP contribution in [0.1, 0.15) is 25.1 Å². The first-order valence-electron chi connectivity index (χ1n) is 7.87. The van der Waals surface area contributed by atoms with Crippen molar-refractivity contribution >= 4 is 11.2 Å². The SMILES string of the molecule is COc1ccc(-n2nnc3cnc(C4(N)CCC(N)C4)nc32)cc1. The van der Waals surface area contributed by atoms with Gasteiger partial charge in [-0.25, -0.2) is 9.97 Å². The van der Waals surface area contributed by atoms with Crippen LogP contribution in [0.15, 0.2) is 30.5 Å². The molecule has 0 amide bonds. The van der Waals surface area contributed by atoms with Crippen LogP contribution in [-0.2, 0) is 5.54 Å². The number of rotatable bonds is 3. The highest BCUT2D eigenvalue weighted by Crippen LogP contribution is 2.34. The van der Waals surface area contributed by atoms with Crippen molar-refractivity contribution in [3.63, 3.8) is 0 Å².